The number of hydrogen-bond acceptors (Lipinski definition) is 3. The number of nitrogens with zero attached hydrogens (tertiary/aromatic N) is 1. The van der Waals surface area contributed by atoms with E-state index in [0.29, 0.717) is 12.1 Å². The Bertz CT molecular complexity index is 498. The Hall–Kier alpha value is -1.13. The summed E-state index contributed by atoms with van der Waals surface area (Å²) in [7, 11) is 3.76. The molecule has 1 rings (SSSR count). The van der Waals surface area contributed by atoms with Gasteiger partial charge in [-0.3, -0.25) is 4.79 Å². The molecule has 0 saturated carbocycles. The monoisotopic (exact) mass is 315 g/mol. The molecule has 0 bridgehead atoms. The summed E-state index contributed by atoms with van der Waals surface area (Å²) in [5, 5.41) is 0.0699. The van der Waals surface area contributed by atoms with E-state index in [-0.39, 0.29) is 23.3 Å². The fourth-order valence-corrected chi connectivity index (χ4v) is 2.32. The maximum absolute atomic E-state index is 14.2. The van der Waals surface area contributed by atoms with Gasteiger partial charge in [0.1, 0.15) is 11.4 Å². The highest BCUT2D eigenvalue weighted by atomic mass is 35.5. The summed E-state index contributed by atoms with van der Waals surface area (Å²) in [5.74, 6) is -1.10. The van der Waals surface area contributed by atoms with Crippen LogP contribution in [0.5, 0.6) is 0 Å². The van der Waals surface area contributed by atoms with Crippen LogP contribution in [0.4, 0.5) is 4.39 Å². The lowest BCUT2D eigenvalue weighted by Gasteiger charge is -2.24. The second-order valence-corrected chi connectivity index (χ2v) is 6.80. The first kappa shape index (κ1) is 17.9. The van der Waals surface area contributed by atoms with Gasteiger partial charge < -0.3 is 9.64 Å². The summed E-state index contributed by atoms with van der Waals surface area (Å²) in [6, 6.07) is 4.86. The lowest BCUT2D eigenvalue weighted by atomic mass is 9.94. The molecule has 0 spiro atoms. The number of esters is 1. The summed E-state index contributed by atoms with van der Waals surface area (Å²) < 4.78 is 19.5. The number of rotatable bonds is 5. The van der Waals surface area contributed by atoms with Crippen LogP contribution in [0.2, 0.25) is 5.02 Å². The largest absolute Gasteiger partial charge is 0.460 e. The van der Waals surface area contributed by atoms with Crippen LogP contribution >= 0.6 is 11.6 Å². The van der Waals surface area contributed by atoms with E-state index in [1.807, 2.05) is 39.8 Å². The van der Waals surface area contributed by atoms with Gasteiger partial charge >= 0.3 is 5.97 Å². The van der Waals surface area contributed by atoms with Crippen LogP contribution in [0.25, 0.3) is 0 Å². The molecule has 0 fully saturated rings. The summed E-state index contributed by atoms with van der Waals surface area (Å²) in [6.07, 6.45) is 0.118. The zero-order valence-corrected chi connectivity index (χ0v) is 14.0. The lowest BCUT2D eigenvalue weighted by Crippen LogP contribution is -2.28. The molecule has 0 heterocycles. The Balaban J connectivity index is 2.96. The number of carbonyl (C=O) groups is 1. The minimum Gasteiger partial charge on any atom is -0.460 e. The van der Waals surface area contributed by atoms with Gasteiger partial charge in [0, 0.05) is 12.5 Å². The minimum atomic E-state index is -0.549. The molecular formula is C16H23ClFNO2. The molecule has 1 aromatic carbocycles. The number of ether oxygens (including phenoxy) is 1. The van der Waals surface area contributed by atoms with Crippen LogP contribution in [-0.4, -0.2) is 37.1 Å². The van der Waals surface area contributed by atoms with Crippen LogP contribution in [0.15, 0.2) is 18.2 Å². The number of likely N-dealkylation sites (N-methyl/N-ethyl adjacent to an activating group) is 1. The molecule has 0 aliphatic heterocycles. The van der Waals surface area contributed by atoms with Gasteiger partial charge in [-0.15, -0.1) is 0 Å². The van der Waals surface area contributed by atoms with Crippen molar-refractivity contribution in [3.8, 4) is 0 Å². The van der Waals surface area contributed by atoms with Crippen LogP contribution in [0.1, 0.15) is 38.7 Å². The van der Waals surface area contributed by atoms with Crippen LogP contribution < -0.4 is 0 Å². The first-order valence-corrected chi connectivity index (χ1v) is 7.28. The number of carbonyl (C=O) groups excluding carboxylic acids is 1. The summed E-state index contributed by atoms with van der Waals surface area (Å²) >= 11 is 5.83. The van der Waals surface area contributed by atoms with Crippen molar-refractivity contribution < 1.29 is 13.9 Å². The predicted molar refractivity (Wildman–Crippen MR) is 83.2 cm³/mol. The normalized spacial score (nSPS) is 13.3. The van der Waals surface area contributed by atoms with E-state index in [9.17, 15) is 9.18 Å². The third-order valence-electron chi connectivity index (χ3n) is 2.84. The van der Waals surface area contributed by atoms with Crippen molar-refractivity contribution in [2.24, 2.45) is 0 Å². The molecule has 0 unspecified atom stereocenters. The van der Waals surface area contributed by atoms with E-state index in [1.165, 1.54) is 6.07 Å². The van der Waals surface area contributed by atoms with E-state index >= 15 is 0 Å². The van der Waals surface area contributed by atoms with E-state index in [4.69, 9.17) is 16.3 Å². The molecule has 0 aromatic heterocycles. The molecule has 0 amide bonds. The molecular weight excluding hydrogens is 293 g/mol. The molecule has 3 nitrogen and oxygen atoms in total. The van der Waals surface area contributed by atoms with E-state index in [1.54, 1.807) is 12.1 Å². The van der Waals surface area contributed by atoms with Crippen molar-refractivity contribution in [3.63, 3.8) is 0 Å². The van der Waals surface area contributed by atoms with Crippen molar-refractivity contribution in [2.75, 3.05) is 20.6 Å². The smallest absolute Gasteiger partial charge is 0.306 e. The summed E-state index contributed by atoms with van der Waals surface area (Å²) in [5.41, 5.74) is -0.103. The summed E-state index contributed by atoms with van der Waals surface area (Å²) in [4.78, 5) is 13.9. The zero-order chi connectivity index (χ0) is 16.2. The third-order valence-corrected chi connectivity index (χ3v) is 3.13. The maximum Gasteiger partial charge on any atom is 0.306 e. The molecule has 0 radical (unpaired) electrons. The van der Waals surface area contributed by atoms with Crippen molar-refractivity contribution in [1.82, 2.24) is 4.90 Å². The van der Waals surface area contributed by atoms with Crippen molar-refractivity contribution in [1.29, 1.82) is 0 Å². The van der Waals surface area contributed by atoms with Crippen LogP contribution in [0.3, 0.4) is 0 Å². The van der Waals surface area contributed by atoms with E-state index < -0.39 is 11.4 Å². The quantitative estimate of drug-likeness (QED) is 0.773. The van der Waals surface area contributed by atoms with Gasteiger partial charge in [0.2, 0.25) is 0 Å². The van der Waals surface area contributed by atoms with Crippen molar-refractivity contribution >= 4 is 17.6 Å². The highest BCUT2D eigenvalue weighted by Gasteiger charge is 2.24. The maximum atomic E-state index is 14.2. The first-order valence-electron chi connectivity index (χ1n) is 6.90. The molecule has 0 N–H and O–H groups in total. The average Bonchev–Trinajstić information content (AvgIpc) is 2.28. The second kappa shape index (κ2) is 7.23. The lowest BCUT2D eigenvalue weighted by molar-refractivity contribution is -0.155. The molecule has 1 atom stereocenters. The Kier molecular flexibility index (Phi) is 6.17. The Morgan fingerprint density at radius 2 is 2.00 bits per heavy atom. The zero-order valence-electron chi connectivity index (χ0n) is 13.2. The highest BCUT2D eigenvalue weighted by Crippen LogP contribution is 2.28. The van der Waals surface area contributed by atoms with Crippen LogP contribution in [0, 0.1) is 5.82 Å². The van der Waals surface area contributed by atoms with E-state index in [0.717, 1.165) is 0 Å². The Labute approximate surface area is 131 Å². The Morgan fingerprint density at radius 1 is 1.38 bits per heavy atom. The Morgan fingerprint density at radius 3 is 2.52 bits per heavy atom. The van der Waals surface area contributed by atoms with Gasteiger partial charge in [-0.1, -0.05) is 23.7 Å². The molecule has 0 aliphatic carbocycles. The third kappa shape index (κ3) is 6.02. The molecule has 0 aliphatic rings. The molecule has 5 heteroatoms. The predicted octanol–water partition coefficient (Wildman–Crippen LogP) is 3.86. The average molecular weight is 316 g/mol. The minimum absolute atomic E-state index is 0.0699. The van der Waals surface area contributed by atoms with Gasteiger partial charge in [-0.25, -0.2) is 4.39 Å². The second-order valence-electron chi connectivity index (χ2n) is 6.39. The SMILES string of the molecule is CN(C)C[C@@H](CC(=O)OC(C)(C)C)c1cccc(Cl)c1F. The topological polar surface area (TPSA) is 29.5 Å². The fourth-order valence-electron chi connectivity index (χ4n) is 2.13. The molecule has 0 saturated heterocycles. The fraction of sp³-hybridized carbons (Fsp3) is 0.562. The van der Waals surface area contributed by atoms with Gasteiger partial charge in [-0.2, -0.15) is 0 Å². The molecule has 118 valence electrons. The molecule has 1 aromatic rings. The van der Waals surface area contributed by atoms with Gasteiger partial charge in [-0.05, 0) is 46.5 Å². The standard InChI is InChI=1S/C16H23ClFNO2/c1-16(2,3)21-14(20)9-11(10-19(4)5)12-7-6-8-13(17)15(12)18/h6-8,11H,9-10H2,1-5H3/t11-/m1/s1. The molecule has 21 heavy (non-hydrogen) atoms. The number of hydrogen-bond donors (Lipinski definition) is 0. The van der Waals surface area contributed by atoms with Gasteiger partial charge in [0.15, 0.2) is 0 Å². The van der Waals surface area contributed by atoms with E-state index in [2.05, 4.69) is 0 Å². The van der Waals surface area contributed by atoms with Gasteiger partial charge in [0.25, 0.3) is 0 Å². The number of halogens is 2. The number of benzene rings is 1. The van der Waals surface area contributed by atoms with Gasteiger partial charge in [0.05, 0.1) is 11.4 Å². The highest BCUT2D eigenvalue weighted by molar-refractivity contribution is 6.30. The van der Waals surface area contributed by atoms with Crippen molar-refractivity contribution in [3.05, 3.63) is 34.6 Å². The summed E-state index contributed by atoms with van der Waals surface area (Å²) in [6.45, 7) is 5.97. The first-order chi connectivity index (χ1) is 9.60. The van der Waals surface area contributed by atoms with Crippen molar-refractivity contribution in [2.45, 2.75) is 38.7 Å². The van der Waals surface area contributed by atoms with Crippen LogP contribution in [-0.2, 0) is 9.53 Å².